The van der Waals surface area contributed by atoms with Crippen LogP contribution in [0.25, 0.3) is 0 Å². The summed E-state index contributed by atoms with van der Waals surface area (Å²) >= 11 is 0. The Labute approximate surface area is 118 Å². The van der Waals surface area contributed by atoms with Gasteiger partial charge < -0.3 is 4.74 Å². The lowest BCUT2D eigenvalue weighted by Crippen LogP contribution is -2.08. The van der Waals surface area contributed by atoms with E-state index in [0.29, 0.717) is 17.7 Å². The van der Waals surface area contributed by atoms with Gasteiger partial charge in [-0.05, 0) is 37.6 Å². The lowest BCUT2D eigenvalue weighted by Gasteiger charge is -2.07. The first-order valence-corrected chi connectivity index (χ1v) is 6.26. The summed E-state index contributed by atoms with van der Waals surface area (Å²) in [6, 6.07) is 3.31. The fourth-order valence-corrected chi connectivity index (χ4v) is 1.70. The predicted octanol–water partition coefficient (Wildman–Crippen LogP) is 3.79. The molecule has 0 aliphatic rings. The van der Waals surface area contributed by atoms with E-state index in [-0.39, 0.29) is 5.83 Å². The van der Waals surface area contributed by atoms with E-state index in [2.05, 4.69) is 4.98 Å². The van der Waals surface area contributed by atoms with Crippen molar-refractivity contribution in [2.24, 2.45) is 0 Å². The third-order valence-corrected chi connectivity index (χ3v) is 2.55. The Bertz CT molecular complexity index is 555. The number of hydrogen-bond donors (Lipinski definition) is 0. The van der Waals surface area contributed by atoms with Gasteiger partial charge in [0, 0.05) is 12.6 Å². The number of carbonyl (C=O) groups is 1. The molecule has 0 N–H and O–H groups in total. The highest BCUT2D eigenvalue weighted by Gasteiger charge is 2.13. The number of allylic oxidation sites excluding steroid dienone is 6. The molecule has 0 bridgehead atoms. The van der Waals surface area contributed by atoms with Crippen molar-refractivity contribution < 1.29 is 13.9 Å². The van der Waals surface area contributed by atoms with Crippen LogP contribution in [-0.2, 0) is 11.2 Å². The van der Waals surface area contributed by atoms with Gasteiger partial charge in [-0.25, -0.2) is 9.18 Å². The highest BCUT2D eigenvalue weighted by atomic mass is 19.1. The van der Waals surface area contributed by atoms with Gasteiger partial charge in [0.1, 0.15) is 0 Å². The molecule has 1 aromatic heterocycles. The summed E-state index contributed by atoms with van der Waals surface area (Å²) in [5.41, 5.74) is 1.69. The van der Waals surface area contributed by atoms with Gasteiger partial charge in [-0.2, -0.15) is 0 Å². The Hall–Kier alpha value is -2.23. The molecule has 1 aromatic rings. The molecule has 0 unspecified atom stereocenters. The minimum Gasteiger partial charge on any atom is -0.465 e. The van der Waals surface area contributed by atoms with Gasteiger partial charge in [-0.1, -0.05) is 18.2 Å². The molecule has 0 saturated carbocycles. The molecular weight excluding hydrogens is 257 g/mol. The number of esters is 1. The second kappa shape index (κ2) is 8.04. The van der Waals surface area contributed by atoms with Crippen LogP contribution in [0.3, 0.4) is 0 Å². The van der Waals surface area contributed by atoms with Gasteiger partial charge >= 0.3 is 5.97 Å². The molecule has 106 valence electrons. The molecule has 0 amide bonds. The Kier molecular flexibility index (Phi) is 6.37. The zero-order valence-corrected chi connectivity index (χ0v) is 11.9. The number of halogens is 1. The summed E-state index contributed by atoms with van der Waals surface area (Å²) in [4.78, 5) is 15.9. The van der Waals surface area contributed by atoms with Gasteiger partial charge in [0.15, 0.2) is 0 Å². The molecule has 0 aliphatic heterocycles. The Balaban J connectivity index is 3.12. The average Bonchev–Trinajstić information content (AvgIpc) is 2.44. The second-order valence-corrected chi connectivity index (χ2v) is 4.16. The summed E-state index contributed by atoms with van der Waals surface area (Å²) in [5, 5.41) is 0. The number of carbonyl (C=O) groups excluding carboxylic acids is 1. The third kappa shape index (κ3) is 4.80. The van der Waals surface area contributed by atoms with E-state index >= 15 is 0 Å². The van der Waals surface area contributed by atoms with Crippen molar-refractivity contribution in [1.82, 2.24) is 4.98 Å². The maximum Gasteiger partial charge on any atom is 0.339 e. The molecular formula is C16H18FNO2. The van der Waals surface area contributed by atoms with Gasteiger partial charge in [0.05, 0.1) is 24.2 Å². The number of ether oxygens (including phenoxy) is 1. The van der Waals surface area contributed by atoms with E-state index in [9.17, 15) is 9.18 Å². The van der Waals surface area contributed by atoms with Crippen LogP contribution in [0, 0.1) is 0 Å². The first-order chi connectivity index (χ1) is 9.58. The SMILES string of the molecule is C\C=C/C=C(\C=C(/C)F)Cc1ncccc1C(=O)OC. The van der Waals surface area contributed by atoms with Crippen molar-refractivity contribution in [3.63, 3.8) is 0 Å². The molecule has 0 saturated heterocycles. The van der Waals surface area contributed by atoms with E-state index in [0.717, 1.165) is 5.57 Å². The summed E-state index contributed by atoms with van der Waals surface area (Å²) in [5.74, 6) is -0.740. The number of rotatable bonds is 5. The number of nitrogens with zero attached hydrogens (tertiary/aromatic N) is 1. The van der Waals surface area contributed by atoms with Crippen LogP contribution in [0.2, 0.25) is 0 Å². The molecule has 3 nitrogen and oxygen atoms in total. The van der Waals surface area contributed by atoms with E-state index in [1.54, 1.807) is 24.4 Å². The topological polar surface area (TPSA) is 39.2 Å². The van der Waals surface area contributed by atoms with Crippen molar-refractivity contribution in [2.75, 3.05) is 7.11 Å². The molecule has 4 heteroatoms. The number of hydrogen-bond acceptors (Lipinski definition) is 3. The average molecular weight is 275 g/mol. The molecule has 0 atom stereocenters. The molecule has 1 heterocycles. The number of pyridine rings is 1. The fourth-order valence-electron chi connectivity index (χ4n) is 1.70. The van der Waals surface area contributed by atoms with Gasteiger partial charge in [-0.15, -0.1) is 0 Å². The molecule has 1 rings (SSSR count). The lowest BCUT2D eigenvalue weighted by molar-refractivity contribution is 0.0599. The van der Waals surface area contributed by atoms with Crippen molar-refractivity contribution in [2.45, 2.75) is 20.3 Å². The highest BCUT2D eigenvalue weighted by Crippen LogP contribution is 2.15. The largest absolute Gasteiger partial charge is 0.465 e. The smallest absolute Gasteiger partial charge is 0.339 e. The maximum absolute atomic E-state index is 13.1. The van der Waals surface area contributed by atoms with Crippen LogP contribution >= 0.6 is 0 Å². The molecule has 0 radical (unpaired) electrons. The first kappa shape index (κ1) is 15.8. The van der Waals surface area contributed by atoms with Crippen molar-refractivity contribution in [3.8, 4) is 0 Å². The Morgan fingerprint density at radius 3 is 2.85 bits per heavy atom. The predicted molar refractivity (Wildman–Crippen MR) is 77.0 cm³/mol. The van der Waals surface area contributed by atoms with Gasteiger partial charge in [0.25, 0.3) is 0 Å². The third-order valence-electron chi connectivity index (χ3n) is 2.55. The zero-order chi connectivity index (χ0) is 15.0. The summed E-state index contributed by atoms with van der Waals surface area (Å²) in [7, 11) is 1.32. The molecule has 0 aromatic carbocycles. The van der Waals surface area contributed by atoms with Crippen molar-refractivity contribution in [1.29, 1.82) is 0 Å². The van der Waals surface area contributed by atoms with Crippen molar-refractivity contribution >= 4 is 5.97 Å². The molecule has 0 aliphatic carbocycles. The minimum absolute atomic E-state index is 0.295. The second-order valence-electron chi connectivity index (χ2n) is 4.16. The number of methoxy groups -OCH3 is 1. The summed E-state index contributed by atoms with van der Waals surface area (Å²) in [6.07, 6.45) is 8.84. The number of aromatic nitrogens is 1. The minimum atomic E-state index is -0.445. The molecule has 20 heavy (non-hydrogen) atoms. The zero-order valence-electron chi connectivity index (χ0n) is 11.9. The van der Waals surface area contributed by atoms with Crippen LogP contribution < -0.4 is 0 Å². The molecule has 0 fully saturated rings. The van der Waals surface area contributed by atoms with Gasteiger partial charge in [0.2, 0.25) is 0 Å². The van der Waals surface area contributed by atoms with Crippen LogP contribution in [0.1, 0.15) is 29.9 Å². The highest BCUT2D eigenvalue weighted by molar-refractivity contribution is 5.90. The standard InChI is InChI=1S/C16H18FNO2/c1-4-5-7-13(10-12(2)17)11-15-14(16(19)20-3)8-6-9-18-15/h4-10H,11H2,1-3H3/b5-4-,12-10+,13-7+. The summed E-state index contributed by atoms with van der Waals surface area (Å²) in [6.45, 7) is 3.25. The van der Waals surface area contributed by atoms with Crippen LogP contribution in [0.4, 0.5) is 4.39 Å². The van der Waals surface area contributed by atoms with Crippen LogP contribution in [0.15, 0.2) is 54.0 Å². The van der Waals surface area contributed by atoms with E-state index in [4.69, 9.17) is 4.74 Å². The maximum atomic E-state index is 13.1. The Morgan fingerprint density at radius 2 is 2.25 bits per heavy atom. The summed E-state index contributed by atoms with van der Waals surface area (Å²) < 4.78 is 17.8. The van der Waals surface area contributed by atoms with E-state index in [1.807, 2.05) is 19.1 Å². The fraction of sp³-hybridized carbons (Fsp3) is 0.250. The lowest BCUT2D eigenvalue weighted by atomic mass is 10.0. The van der Waals surface area contributed by atoms with E-state index < -0.39 is 5.97 Å². The van der Waals surface area contributed by atoms with Crippen molar-refractivity contribution in [3.05, 3.63) is 65.3 Å². The van der Waals surface area contributed by atoms with Crippen LogP contribution in [0.5, 0.6) is 0 Å². The van der Waals surface area contributed by atoms with Gasteiger partial charge in [-0.3, -0.25) is 4.98 Å². The van der Waals surface area contributed by atoms with Crippen LogP contribution in [-0.4, -0.2) is 18.1 Å². The quantitative estimate of drug-likeness (QED) is 0.606. The monoisotopic (exact) mass is 275 g/mol. The molecule has 0 spiro atoms. The first-order valence-electron chi connectivity index (χ1n) is 6.26. The normalized spacial score (nSPS) is 12.8. The van der Waals surface area contributed by atoms with E-state index in [1.165, 1.54) is 20.1 Å². The Morgan fingerprint density at radius 1 is 1.50 bits per heavy atom.